The highest BCUT2D eigenvalue weighted by Gasteiger charge is 2.31. The summed E-state index contributed by atoms with van der Waals surface area (Å²) in [6.07, 6.45) is 9.13. The standard InChI is InChI=1S/C26H31N7O2/c1-26(2,3)35-25(34)32-12-4-10-31(11-5-13-32)23-22-20(19-6-7-19)16-33(24(22)30-17-29-23)21-14-18(15-27)8-9-28-21/h8-9,14,16-17,19H,4-7,10-13H2,1-3H3. The lowest BCUT2D eigenvalue weighted by atomic mass is 10.1. The third-order valence-corrected chi connectivity index (χ3v) is 6.39. The first-order valence-electron chi connectivity index (χ1n) is 12.3. The number of pyridine rings is 1. The quantitative estimate of drug-likeness (QED) is 0.556. The van der Waals surface area contributed by atoms with Crippen LogP contribution in [-0.4, -0.2) is 62.3 Å². The SMILES string of the molecule is CC(C)(C)OC(=O)N1CCCN(c2ncnc3c2c(C2CC2)cn3-c2cc(C#N)ccn2)CCC1. The number of hydrogen-bond acceptors (Lipinski definition) is 7. The Morgan fingerprint density at radius 3 is 2.51 bits per heavy atom. The van der Waals surface area contributed by atoms with E-state index in [9.17, 15) is 10.1 Å². The molecule has 1 aliphatic carbocycles. The lowest BCUT2D eigenvalue weighted by Crippen LogP contribution is -2.42. The molecule has 2 aliphatic rings. The molecule has 182 valence electrons. The number of amides is 1. The molecule has 0 radical (unpaired) electrons. The summed E-state index contributed by atoms with van der Waals surface area (Å²) in [4.78, 5) is 30.6. The molecular formula is C26H31N7O2. The van der Waals surface area contributed by atoms with Crippen LogP contribution in [0.3, 0.4) is 0 Å². The van der Waals surface area contributed by atoms with E-state index in [4.69, 9.17) is 9.72 Å². The largest absolute Gasteiger partial charge is 0.444 e. The zero-order chi connectivity index (χ0) is 24.6. The normalized spacial score (nSPS) is 17.1. The van der Waals surface area contributed by atoms with Crippen LogP contribution in [0.2, 0.25) is 0 Å². The van der Waals surface area contributed by atoms with Gasteiger partial charge in [-0.2, -0.15) is 5.26 Å². The van der Waals surface area contributed by atoms with Crippen LogP contribution in [0.25, 0.3) is 16.9 Å². The fourth-order valence-electron chi connectivity index (χ4n) is 4.66. The van der Waals surface area contributed by atoms with Gasteiger partial charge in [0.15, 0.2) is 5.65 Å². The summed E-state index contributed by atoms with van der Waals surface area (Å²) in [6.45, 7) is 8.58. The molecule has 3 aromatic heterocycles. The van der Waals surface area contributed by atoms with Crippen molar-refractivity contribution in [1.29, 1.82) is 5.26 Å². The minimum Gasteiger partial charge on any atom is -0.444 e. The molecule has 1 amide bonds. The smallest absolute Gasteiger partial charge is 0.410 e. The Bertz CT molecular complexity index is 1270. The molecule has 1 saturated heterocycles. The van der Waals surface area contributed by atoms with Crippen molar-refractivity contribution >= 4 is 22.9 Å². The van der Waals surface area contributed by atoms with Crippen molar-refractivity contribution in [2.45, 2.75) is 58.0 Å². The number of nitriles is 1. The highest BCUT2D eigenvalue weighted by Crippen LogP contribution is 2.46. The van der Waals surface area contributed by atoms with Gasteiger partial charge in [-0.25, -0.2) is 19.7 Å². The molecule has 5 rings (SSSR count). The van der Waals surface area contributed by atoms with Gasteiger partial charge in [0.25, 0.3) is 0 Å². The molecule has 0 spiro atoms. The molecule has 0 N–H and O–H groups in total. The van der Waals surface area contributed by atoms with Gasteiger partial charge in [0.05, 0.1) is 17.0 Å². The van der Waals surface area contributed by atoms with E-state index in [0.717, 1.165) is 55.6 Å². The second kappa shape index (κ2) is 9.17. The van der Waals surface area contributed by atoms with Crippen LogP contribution in [0.4, 0.5) is 10.6 Å². The summed E-state index contributed by atoms with van der Waals surface area (Å²) in [5, 5.41) is 10.4. The topological polar surface area (TPSA) is 100 Å². The number of aromatic nitrogens is 4. The highest BCUT2D eigenvalue weighted by molar-refractivity contribution is 5.93. The number of anilines is 1. The monoisotopic (exact) mass is 473 g/mol. The Morgan fingerprint density at radius 1 is 1.11 bits per heavy atom. The third-order valence-electron chi connectivity index (χ3n) is 6.39. The van der Waals surface area contributed by atoms with Crippen molar-refractivity contribution in [2.75, 3.05) is 31.1 Å². The molecule has 0 aromatic carbocycles. The number of carbonyl (C=O) groups is 1. The molecule has 1 saturated carbocycles. The molecule has 0 atom stereocenters. The van der Waals surface area contributed by atoms with Crippen LogP contribution in [0.1, 0.15) is 63.5 Å². The maximum atomic E-state index is 12.6. The Balaban J connectivity index is 1.44. The molecule has 4 heterocycles. The molecular weight excluding hydrogens is 442 g/mol. The summed E-state index contributed by atoms with van der Waals surface area (Å²) in [6, 6.07) is 5.69. The van der Waals surface area contributed by atoms with Crippen LogP contribution in [0.5, 0.6) is 0 Å². The number of nitrogens with zero attached hydrogens (tertiary/aromatic N) is 7. The summed E-state index contributed by atoms with van der Waals surface area (Å²) in [5.41, 5.74) is 2.14. The van der Waals surface area contributed by atoms with E-state index in [0.29, 0.717) is 30.4 Å². The third kappa shape index (κ3) is 4.92. The van der Waals surface area contributed by atoms with E-state index in [2.05, 4.69) is 27.1 Å². The van der Waals surface area contributed by atoms with E-state index < -0.39 is 5.60 Å². The first-order chi connectivity index (χ1) is 16.8. The molecule has 2 fully saturated rings. The number of hydrogen-bond donors (Lipinski definition) is 0. The highest BCUT2D eigenvalue weighted by atomic mass is 16.6. The van der Waals surface area contributed by atoms with E-state index in [1.54, 1.807) is 24.7 Å². The lowest BCUT2D eigenvalue weighted by Gasteiger charge is -2.32. The first kappa shape index (κ1) is 23.1. The summed E-state index contributed by atoms with van der Waals surface area (Å²) < 4.78 is 7.57. The summed E-state index contributed by atoms with van der Waals surface area (Å²) in [5.74, 6) is 2.13. The number of carbonyl (C=O) groups excluding carboxylic acids is 1. The molecule has 3 aromatic rings. The van der Waals surface area contributed by atoms with Crippen LogP contribution < -0.4 is 4.90 Å². The fourth-order valence-corrected chi connectivity index (χ4v) is 4.66. The van der Waals surface area contributed by atoms with Crippen molar-refractivity contribution in [3.8, 4) is 11.9 Å². The maximum Gasteiger partial charge on any atom is 0.410 e. The van der Waals surface area contributed by atoms with Gasteiger partial charge in [0, 0.05) is 38.6 Å². The average molecular weight is 474 g/mol. The first-order valence-corrected chi connectivity index (χ1v) is 12.3. The van der Waals surface area contributed by atoms with Crippen LogP contribution in [-0.2, 0) is 4.74 Å². The van der Waals surface area contributed by atoms with Crippen LogP contribution >= 0.6 is 0 Å². The molecule has 35 heavy (non-hydrogen) atoms. The van der Waals surface area contributed by atoms with Gasteiger partial charge in [-0.3, -0.25) is 4.57 Å². The Labute approximate surface area is 205 Å². The van der Waals surface area contributed by atoms with Gasteiger partial charge in [-0.05, 0) is 70.1 Å². The lowest BCUT2D eigenvalue weighted by molar-refractivity contribution is 0.0242. The second-order valence-corrected chi connectivity index (χ2v) is 10.3. The van der Waals surface area contributed by atoms with Gasteiger partial charge in [-0.1, -0.05) is 0 Å². The van der Waals surface area contributed by atoms with Gasteiger partial charge >= 0.3 is 6.09 Å². The molecule has 9 nitrogen and oxygen atoms in total. The minimum atomic E-state index is -0.494. The minimum absolute atomic E-state index is 0.240. The average Bonchev–Trinajstić information content (AvgIpc) is 3.57. The second-order valence-electron chi connectivity index (χ2n) is 10.3. The fraction of sp³-hybridized carbons (Fsp3) is 0.500. The molecule has 1 aliphatic heterocycles. The van der Waals surface area contributed by atoms with E-state index >= 15 is 0 Å². The Morgan fingerprint density at radius 2 is 1.86 bits per heavy atom. The molecule has 0 bridgehead atoms. The number of ether oxygens (including phenoxy) is 1. The number of rotatable bonds is 3. The zero-order valence-corrected chi connectivity index (χ0v) is 20.6. The van der Waals surface area contributed by atoms with Crippen molar-refractivity contribution in [1.82, 2.24) is 24.4 Å². The van der Waals surface area contributed by atoms with Crippen LogP contribution in [0.15, 0.2) is 30.9 Å². The van der Waals surface area contributed by atoms with E-state index in [-0.39, 0.29) is 6.09 Å². The predicted molar refractivity (Wildman–Crippen MR) is 133 cm³/mol. The van der Waals surface area contributed by atoms with Gasteiger partial charge < -0.3 is 14.5 Å². The van der Waals surface area contributed by atoms with E-state index in [1.807, 2.05) is 30.2 Å². The van der Waals surface area contributed by atoms with Crippen molar-refractivity contribution in [3.63, 3.8) is 0 Å². The predicted octanol–water partition coefficient (Wildman–Crippen LogP) is 4.40. The molecule has 9 heteroatoms. The van der Waals surface area contributed by atoms with Crippen molar-refractivity contribution < 1.29 is 9.53 Å². The van der Waals surface area contributed by atoms with E-state index in [1.165, 1.54) is 5.56 Å². The van der Waals surface area contributed by atoms with Crippen molar-refractivity contribution in [3.05, 3.63) is 42.0 Å². The van der Waals surface area contributed by atoms with Gasteiger partial charge in [0.1, 0.15) is 23.6 Å². The Kier molecular flexibility index (Phi) is 6.05. The summed E-state index contributed by atoms with van der Waals surface area (Å²) >= 11 is 0. The van der Waals surface area contributed by atoms with Crippen molar-refractivity contribution in [2.24, 2.45) is 0 Å². The molecule has 0 unspecified atom stereocenters. The van der Waals surface area contributed by atoms with Gasteiger partial charge in [-0.15, -0.1) is 0 Å². The summed E-state index contributed by atoms with van der Waals surface area (Å²) in [7, 11) is 0. The van der Waals surface area contributed by atoms with Crippen LogP contribution in [0, 0.1) is 11.3 Å². The zero-order valence-electron chi connectivity index (χ0n) is 20.6. The maximum absolute atomic E-state index is 12.6. The Hall–Kier alpha value is -3.67. The van der Waals surface area contributed by atoms with Gasteiger partial charge in [0.2, 0.25) is 0 Å². The number of fused-ring (bicyclic) bond motifs is 1.